The molecule has 0 saturated carbocycles. The summed E-state index contributed by atoms with van der Waals surface area (Å²) in [6.07, 6.45) is 0. The van der Waals surface area contributed by atoms with Crippen LogP contribution in [0.2, 0.25) is 0 Å². The van der Waals surface area contributed by atoms with Crippen molar-refractivity contribution in [2.24, 2.45) is 0 Å². The molecule has 0 aliphatic heterocycles. The van der Waals surface area contributed by atoms with Gasteiger partial charge in [-0.05, 0) is 106 Å². The number of hydrogen-bond acceptors (Lipinski definition) is 1. The SMILES string of the molecule is c1ccc(-c2ccc(-n3c4ccccc4c4cc(-c5ccc6c(c5)c5cc7oc8ccccc8c7cc5n6-c5ccc(-c6ccccc6)cc5)ccc43)cc2)cc1. The Balaban J connectivity index is 1.03. The normalized spacial score (nSPS) is 11.9. The van der Waals surface area contributed by atoms with Gasteiger partial charge in [0.25, 0.3) is 0 Å². The second-order valence-electron chi connectivity index (χ2n) is 14.9. The molecule has 0 unspecified atom stereocenters. The van der Waals surface area contributed by atoms with Crippen LogP contribution in [0.3, 0.4) is 0 Å². The summed E-state index contributed by atoms with van der Waals surface area (Å²) in [5, 5.41) is 7.09. The second kappa shape index (κ2) is 12.5. The lowest BCUT2D eigenvalue weighted by Gasteiger charge is -2.11. The zero-order chi connectivity index (χ0) is 37.5. The van der Waals surface area contributed by atoms with Crippen molar-refractivity contribution < 1.29 is 4.42 Å². The first-order chi connectivity index (χ1) is 28.2. The fourth-order valence-electron chi connectivity index (χ4n) is 8.99. The van der Waals surface area contributed by atoms with E-state index in [-0.39, 0.29) is 0 Å². The Morgan fingerprint density at radius 1 is 0.246 bits per heavy atom. The van der Waals surface area contributed by atoms with Crippen LogP contribution in [-0.2, 0) is 0 Å². The van der Waals surface area contributed by atoms with E-state index in [1.165, 1.54) is 66.0 Å². The van der Waals surface area contributed by atoms with E-state index in [0.29, 0.717) is 0 Å². The molecule has 12 aromatic rings. The molecule has 3 aromatic heterocycles. The molecule has 0 aliphatic carbocycles. The number of aromatic nitrogens is 2. The van der Waals surface area contributed by atoms with Gasteiger partial charge in [0.05, 0.1) is 22.1 Å². The smallest absolute Gasteiger partial charge is 0.136 e. The summed E-state index contributed by atoms with van der Waals surface area (Å²) < 4.78 is 11.2. The lowest BCUT2D eigenvalue weighted by Crippen LogP contribution is -1.94. The maximum absolute atomic E-state index is 6.45. The molecule has 0 spiro atoms. The van der Waals surface area contributed by atoms with E-state index >= 15 is 0 Å². The molecule has 12 rings (SSSR count). The monoisotopic (exact) mass is 726 g/mol. The number of rotatable bonds is 5. The van der Waals surface area contributed by atoms with Gasteiger partial charge in [0, 0.05) is 43.7 Å². The standard InChI is InChI=1S/C54H34N2O/c1-3-11-35(12-4-1)37-19-25-41(26-20-37)55-49-17-9-7-15-43(49)45-31-39(23-29-50(45)55)40-24-30-51-46(32-40)47-34-54-48(44-16-8-10-18-53(44)57-54)33-52(47)56(51)42-27-21-38(22-28-42)36-13-5-2-6-14-36/h1-34H. The number of benzene rings is 9. The van der Waals surface area contributed by atoms with Crippen molar-refractivity contribution in [1.82, 2.24) is 9.13 Å². The van der Waals surface area contributed by atoms with Crippen molar-refractivity contribution in [2.75, 3.05) is 0 Å². The highest BCUT2D eigenvalue weighted by molar-refractivity contribution is 6.18. The molecule has 266 valence electrons. The molecule has 0 aliphatic rings. The highest BCUT2D eigenvalue weighted by atomic mass is 16.3. The molecule has 3 nitrogen and oxygen atoms in total. The number of furan rings is 1. The van der Waals surface area contributed by atoms with Crippen LogP contribution in [0.1, 0.15) is 0 Å². The average molecular weight is 727 g/mol. The minimum Gasteiger partial charge on any atom is -0.456 e. The van der Waals surface area contributed by atoms with E-state index in [1.807, 2.05) is 6.07 Å². The third kappa shape index (κ3) is 4.99. The first-order valence-electron chi connectivity index (χ1n) is 19.5. The van der Waals surface area contributed by atoms with E-state index in [9.17, 15) is 0 Å². The molecule has 9 aromatic carbocycles. The lowest BCUT2D eigenvalue weighted by molar-refractivity contribution is 0.669. The summed E-state index contributed by atoms with van der Waals surface area (Å²) >= 11 is 0. The first-order valence-corrected chi connectivity index (χ1v) is 19.5. The zero-order valence-corrected chi connectivity index (χ0v) is 30.9. The van der Waals surface area contributed by atoms with E-state index in [1.54, 1.807) is 0 Å². The fourth-order valence-corrected chi connectivity index (χ4v) is 8.99. The predicted molar refractivity (Wildman–Crippen MR) is 239 cm³/mol. The van der Waals surface area contributed by atoms with Gasteiger partial charge >= 0.3 is 0 Å². The van der Waals surface area contributed by atoms with Crippen LogP contribution in [0.15, 0.2) is 211 Å². The largest absolute Gasteiger partial charge is 0.456 e. The molecule has 0 amide bonds. The van der Waals surface area contributed by atoms with Crippen molar-refractivity contribution in [2.45, 2.75) is 0 Å². The molecule has 0 N–H and O–H groups in total. The molecule has 0 bridgehead atoms. The van der Waals surface area contributed by atoms with Crippen molar-refractivity contribution in [1.29, 1.82) is 0 Å². The van der Waals surface area contributed by atoms with E-state index in [0.717, 1.165) is 44.3 Å². The minimum absolute atomic E-state index is 0.901. The Labute approximate surface area is 328 Å². The van der Waals surface area contributed by atoms with Gasteiger partial charge in [-0.25, -0.2) is 0 Å². The molecule has 0 radical (unpaired) electrons. The summed E-state index contributed by atoms with van der Waals surface area (Å²) in [4.78, 5) is 0. The fraction of sp³-hybridized carbons (Fsp3) is 0. The molecule has 0 atom stereocenters. The van der Waals surface area contributed by atoms with Crippen LogP contribution < -0.4 is 0 Å². The number of para-hydroxylation sites is 2. The predicted octanol–water partition coefficient (Wildman–Crippen LogP) is 14.8. The third-order valence-electron chi connectivity index (χ3n) is 11.7. The Morgan fingerprint density at radius 3 is 1.30 bits per heavy atom. The summed E-state index contributed by atoms with van der Waals surface area (Å²) in [7, 11) is 0. The highest BCUT2D eigenvalue weighted by Crippen LogP contribution is 2.41. The lowest BCUT2D eigenvalue weighted by atomic mass is 10.0. The van der Waals surface area contributed by atoms with Crippen LogP contribution in [0.5, 0.6) is 0 Å². The third-order valence-corrected chi connectivity index (χ3v) is 11.7. The van der Waals surface area contributed by atoms with Gasteiger partial charge in [-0.3, -0.25) is 0 Å². The van der Waals surface area contributed by atoms with Gasteiger partial charge < -0.3 is 13.6 Å². The maximum atomic E-state index is 6.45. The molecular formula is C54H34N2O. The summed E-state index contributed by atoms with van der Waals surface area (Å²) in [5.74, 6) is 0. The van der Waals surface area contributed by atoms with Crippen molar-refractivity contribution in [3.63, 3.8) is 0 Å². The van der Waals surface area contributed by atoms with Crippen molar-refractivity contribution in [3.8, 4) is 44.8 Å². The highest BCUT2D eigenvalue weighted by Gasteiger charge is 2.19. The molecule has 57 heavy (non-hydrogen) atoms. The molecule has 0 fully saturated rings. The Kier molecular flexibility index (Phi) is 6.93. The van der Waals surface area contributed by atoms with Crippen LogP contribution in [-0.4, -0.2) is 9.13 Å². The van der Waals surface area contributed by atoms with Gasteiger partial charge in [0.15, 0.2) is 0 Å². The molecule has 0 saturated heterocycles. The molecular weight excluding hydrogens is 693 g/mol. The van der Waals surface area contributed by atoms with Gasteiger partial charge in [0.2, 0.25) is 0 Å². The Bertz CT molecular complexity index is 3480. The number of nitrogens with zero attached hydrogens (tertiary/aromatic N) is 2. The zero-order valence-electron chi connectivity index (χ0n) is 30.9. The van der Waals surface area contributed by atoms with Gasteiger partial charge in [-0.1, -0.05) is 133 Å². The topological polar surface area (TPSA) is 23.0 Å². The summed E-state index contributed by atoms with van der Waals surface area (Å²) in [6, 6.07) is 74.5. The maximum Gasteiger partial charge on any atom is 0.136 e. The molecule has 3 heterocycles. The van der Waals surface area contributed by atoms with Crippen molar-refractivity contribution >= 4 is 65.6 Å². The Morgan fingerprint density at radius 2 is 0.684 bits per heavy atom. The summed E-state index contributed by atoms with van der Waals surface area (Å²) in [6.45, 7) is 0. The minimum atomic E-state index is 0.901. The molecule has 3 heteroatoms. The van der Waals surface area contributed by atoms with Crippen LogP contribution in [0, 0.1) is 0 Å². The van der Waals surface area contributed by atoms with E-state index in [2.05, 4.69) is 209 Å². The van der Waals surface area contributed by atoms with Crippen LogP contribution in [0.25, 0.3) is 110 Å². The van der Waals surface area contributed by atoms with E-state index < -0.39 is 0 Å². The van der Waals surface area contributed by atoms with Crippen LogP contribution >= 0.6 is 0 Å². The van der Waals surface area contributed by atoms with Gasteiger partial charge in [-0.2, -0.15) is 0 Å². The first kappa shape index (κ1) is 31.7. The van der Waals surface area contributed by atoms with Gasteiger partial charge in [0.1, 0.15) is 11.2 Å². The summed E-state index contributed by atoms with van der Waals surface area (Å²) in [5.41, 5.74) is 16.0. The second-order valence-corrected chi connectivity index (χ2v) is 14.9. The van der Waals surface area contributed by atoms with E-state index in [4.69, 9.17) is 4.42 Å². The number of hydrogen-bond donors (Lipinski definition) is 0. The van der Waals surface area contributed by atoms with Crippen LogP contribution in [0.4, 0.5) is 0 Å². The Hall–Kier alpha value is -7.62. The average Bonchev–Trinajstić information content (AvgIpc) is 3.93. The quantitative estimate of drug-likeness (QED) is 0.173. The van der Waals surface area contributed by atoms with Gasteiger partial charge in [-0.15, -0.1) is 0 Å². The number of fused-ring (bicyclic) bond motifs is 9. The van der Waals surface area contributed by atoms with Crippen molar-refractivity contribution in [3.05, 3.63) is 206 Å².